The zero-order valence-electron chi connectivity index (χ0n) is 21.9. The zero-order valence-corrected chi connectivity index (χ0v) is 21.9. The number of hydrogen-bond donors (Lipinski definition) is 2. The van der Waals surface area contributed by atoms with Gasteiger partial charge in [0, 0.05) is 24.3 Å². The number of amides is 3. The van der Waals surface area contributed by atoms with Gasteiger partial charge in [0.15, 0.2) is 0 Å². The van der Waals surface area contributed by atoms with Gasteiger partial charge >= 0.3 is 0 Å². The summed E-state index contributed by atoms with van der Waals surface area (Å²) in [5.41, 5.74) is -0.514. The Morgan fingerprint density at radius 2 is 1.95 bits per heavy atom. The molecule has 8 nitrogen and oxygen atoms in total. The van der Waals surface area contributed by atoms with E-state index < -0.39 is 29.6 Å². The van der Waals surface area contributed by atoms with Gasteiger partial charge in [-0.15, -0.1) is 0 Å². The van der Waals surface area contributed by atoms with Crippen LogP contribution in [-0.4, -0.2) is 60.1 Å². The number of benzene rings is 1. The molecular formula is C29H39N3O5. The fourth-order valence-electron chi connectivity index (χ4n) is 6.67. The minimum Gasteiger partial charge on any atom is -0.497 e. The number of ether oxygens (including phenoxy) is 2. The molecule has 1 spiro atoms. The van der Waals surface area contributed by atoms with Crippen LogP contribution in [0.2, 0.25) is 0 Å². The van der Waals surface area contributed by atoms with E-state index in [0.29, 0.717) is 18.0 Å². The first kappa shape index (κ1) is 25.8. The topological polar surface area (TPSA) is 97.0 Å². The summed E-state index contributed by atoms with van der Waals surface area (Å²) in [6.45, 7) is 2.64. The molecule has 1 aromatic carbocycles. The average molecular weight is 510 g/mol. The fraction of sp³-hybridized carbons (Fsp3) is 0.621. The zero-order chi connectivity index (χ0) is 26.0. The molecular weight excluding hydrogens is 470 g/mol. The summed E-state index contributed by atoms with van der Waals surface area (Å²) in [6.07, 6.45) is 12.5. The second-order valence-corrected chi connectivity index (χ2v) is 10.9. The predicted molar refractivity (Wildman–Crippen MR) is 140 cm³/mol. The molecule has 3 heterocycles. The third-order valence-electron chi connectivity index (χ3n) is 8.47. The summed E-state index contributed by atoms with van der Waals surface area (Å²) >= 11 is 0. The first-order valence-corrected chi connectivity index (χ1v) is 13.9. The maximum Gasteiger partial charge on any atom is 0.246 e. The van der Waals surface area contributed by atoms with Crippen molar-refractivity contribution in [3.63, 3.8) is 0 Å². The number of carbonyl (C=O) groups excluding carboxylic acids is 3. The molecule has 8 heteroatoms. The summed E-state index contributed by atoms with van der Waals surface area (Å²) in [7, 11) is 1.57. The van der Waals surface area contributed by atoms with Crippen LogP contribution in [-0.2, 0) is 19.1 Å². The standard InChI is InChI=1S/C29H39N3O5/c1-3-4-5-9-17-32-25(27(34)30-19-11-7-6-8-12-19)29-16-15-22(37-29)23(24(29)28(32)35)26(33)31-20-13-10-14-21(18-20)36-2/h10,13-16,18-19,22-25H,3-9,11-12,17H2,1-2H3,(H,30,34)(H,31,33)/t22-,23+,24-,25-,29+/m1/s1. The average Bonchev–Trinajstić information content (AvgIpc) is 3.54. The van der Waals surface area contributed by atoms with Gasteiger partial charge in [-0.1, -0.05) is 63.7 Å². The highest BCUT2D eigenvalue weighted by atomic mass is 16.5. The second kappa shape index (κ2) is 10.9. The van der Waals surface area contributed by atoms with Crippen LogP contribution in [0.3, 0.4) is 0 Å². The summed E-state index contributed by atoms with van der Waals surface area (Å²) in [5.74, 6) is -1.37. The summed E-state index contributed by atoms with van der Waals surface area (Å²) in [4.78, 5) is 43.0. The maximum absolute atomic E-state index is 13.9. The van der Waals surface area contributed by atoms with E-state index in [9.17, 15) is 14.4 Å². The Morgan fingerprint density at radius 1 is 1.14 bits per heavy atom. The van der Waals surface area contributed by atoms with Crippen LogP contribution in [0.15, 0.2) is 36.4 Å². The van der Waals surface area contributed by atoms with Crippen molar-refractivity contribution in [2.24, 2.45) is 11.8 Å². The van der Waals surface area contributed by atoms with Crippen molar-refractivity contribution < 1.29 is 23.9 Å². The van der Waals surface area contributed by atoms with Crippen molar-refractivity contribution in [2.75, 3.05) is 19.0 Å². The molecule has 4 aliphatic rings. The van der Waals surface area contributed by atoms with Crippen LogP contribution in [0.25, 0.3) is 0 Å². The SMILES string of the molecule is CCCCCCN1C(=O)[C@H]2[C@@H](C(=O)Nc3cccc(OC)c3)[C@H]3C=C[C@@]2(O3)[C@H]1C(=O)NC1CCCCC1. The van der Waals surface area contributed by atoms with Gasteiger partial charge in [-0.25, -0.2) is 0 Å². The van der Waals surface area contributed by atoms with Gasteiger partial charge in [-0.3, -0.25) is 14.4 Å². The normalized spacial score (nSPS) is 30.4. The Hall–Kier alpha value is -2.87. The molecule has 200 valence electrons. The number of nitrogens with one attached hydrogen (secondary N) is 2. The lowest BCUT2D eigenvalue weighted by atomic mass is 9.74. The molecule has 37 heavy (non-hydrogen) atoms. The Bertz CT molecular complexity index is 1050. The smallest absolute Gasteiger partial charge is 0.246 e. The third-order valence-corrected chi connectivity index (χ3v) is 8.47. The van der Waals surface area contributed by atoms with Crippen LogP contribution in [0, 0.1) is 11.8 Å². The molecule has 3 fully saturated rings. The van der Waals surface area contributed by atoms with Crippen molar-refractivity contribution in [2.45, 2.75) is 88.5 Å². The molecule has 1 aromatic rings. The number of nitrogens with zero attached hydrogens (tertiary/aromatic N) is 1. The van der Waals surface area contributed by atoms with Gasteiger partial charge in [0.2, 0.25) is 17.7 Å². The first-order chi connectivity index (χ1) is 18.0. The second-order valence-electron chi connectivity index (χ2n) is 10.9. The highest BCUT2D eigenvalue weighted by molar-refractivity contribution is 6.02. The Morgan fingerprint density at radius 3 is 2.70 bits per heavy atom. The molecule has 5 atom stereocenters. The number of rotatable bonds is 10. The fourth-order valence-corrected chi connectivity index (χ4v) is 6.67. The molecule has 2 bridgehead atoms. The molecule has 3 amide bonds. The quantitative estimate of drug-likeness (QED) is 0.369. The van der Waals surface area contributed by atoms with Crippen molar-refractivity contribution in [1.29, 1.82) is 0 Å². The van der Waals surface area contributed by atoms with E-state index in [1.165, 1.54) is 6.42 Å². The lowest BCUT2D eigenvalue weighted by Crippen LogP contribution is -2.56. The third kappa shape index (κ3) is 4.76. The summed E-state index contributed by atoms with van der Waals surface area (Å²) in [6, 6.07) is 6.51. The molecule has 3 aliphatic heterocycles. The number of anilines is 1. The lowest BCUT2D eigenvalue weighted by Gasteiger charge is -2.34. The largest absolute Gasteiger partial charge is 0.497 e. The van der Waals surface area contributed by atoms with Gasteiger partial charge in [-0.2, -0.15) is 0 Å². The Kier molecular flexibility index (Phi) is 7.56. The minimum absolute atomic E-state index is 0.128. The molecule has 0 aromatic heterocycles. The Labute approximate surface area is 219 Å². The summed E-state index contributed by atoms with van der Waals surface area (Å²) < 4.78 is 11.7. The highest BCUT2D eigenvalue weighted by Crippen LogP contribution is 2.55. The number of unbranched alkanes of at least 4 members (excludes halogenated alkanes) is 3. The van der Waals surface area contributed by atoms with Crippen molar-refractivity contribution in [3.05, 3.63) is 36.4 Å². The van der Waals surface area contributed by atoms with E-state index in [1.807, 2.05) is 12.2 Å². The maximum atomic E-state index is 13.9. The first-order valence-electron chi connectivity index (χ1n) is 13.9. The number of carbonyl (C=O) groups is 3. The number of likely N-dealkylation sites (tertiary alicyclic amines) is 1. The molecule has 0 radical (unpaired) electrons. The van der Waals surface area contributed by atoms with Crippen molar-refractivity contribution in [3.8, 4) is 5.75 Å². The minimum atomic E-state index is -1.11. The van der Waals surface area contributed by atoms with E-state index in [1.54, 1.807) is 36.3 Å². The van der Waals surface area contributed by atoms with Gasteiger partial charge in [-0.05, 0) is 31.4 Å². The monoisotopic (exact) mass is 509 g/mol. The molecule has 2 saturated heterocycles. The van der Waals surface area contributed by atoms with Crippen LogP contribution in [0.1, 0.15) is 64.7 Å². The van der Waals surface area contributed by atoms with E-state index in [0.717, 1.165) is 51.4 Å². The van der Waals surface area contributed by atoms with Gasteiger partial charge < -0.3 is 25.0 Å². The predicted octanol–water partition coefficient (Wildman–Crippen LogP) is 3.81. The van der Waals surface area contributed by atoms with Crippen LogP contribution >= 0.6 is 0 Å². The summed E-state index contributed by atoms with van der Waals surface area (Å²) in [5, 5.41) is 6.19. The van der Waals surface area contributed by atoms with Gasteiger partial charge in [0.05, 0.1) is 25.0 Å². The van der Waals surface area contributed by atoms with Gasteiger partial charge in [0.1, 0.15) is 17.4 Å². The van der Waals surface area contributed by atoms with E-state index in [4.69, 9.17) is 9.47 Å². The molecule has 2 N–H and O–H groups in total. The van der Waals surface area contributed by atoms with Crippen molar-refractivity contribution >= 4 is 23.4 Å². The highest BCUT2D eigenvalue weighted by Gasteiger charge is 2.72. The van der Waals surface area contributed by atoms with Crippen LogP contribution < -0.4 is 15.4 Å². The molecule has 5 rings (SSSR count). The number of hydrogen-bond acceptors (Lipinski definition) is 5. The van der Waals surface area contributed by atoms with E-state index in [2.05, 4.69) is 17.6 Å². The lowest BCUT2D eigenvalue weighted by molar-refractivity contribution is -0.141. The van der Waals surface area contributed by atoms with E-state index in [-0.39, 0.29) is 23.8 Å². The molecule has 1 aliphatic carbocycles. The van der Waals surface area contributed by atoms with E-state index >= 15 is 0 Å². The molecule has 0 unspecified atom stereocenters. The Balaban J connectivity index is 1.40. The van der Waals surface area contributed by atoms with Crippen LogP contribution in [0.5, 0.6) is 5.75 Å². The van der Waals surface area contributed by atoms with Crippen molar-refractivity contribution in [1.82, 2.24) is 10.2 Å². The number of methoxy groups -OCH3 is 1. The van der Waals surface area contributed by atoms with Crippen LogP contribution in [0.4, 0.5) is 5.69 Å². The molecule has 1 saturated carbocycles. The van der Waals surface area contributed by atoms with Gasteiger partial charge in [0.25, 0.3) is 0 Å². The number of fused-ring (bicyclic) bond motifs is 1.